The fraction of sp³-hybridized carbons (Fsp3) is 0.208. The van der Waals surface area contributed by atoms with Gasteiger partial charge in [0.2, 0.25) is 0 Å². The summed E-state index contributed by atoms with van der Waals surface area (Å²) in [5.41, 5.74) is 5.25. The Morgan fingerprint density at radius 3 is 2.62 bits per heavy atom. The van der Waals surface area contributed by atoms with Gasteiger partial charge in [0.05, 0.1) is 12.3 Å². The van der Waals surface area contributed by atoms with E-state index in [0.29, 0.717) is 6.61 Å². The molecule has 0 atom stereocenters. The first-order valence-corrected chi connectivity index (χ1v) is 9.81. The minimum Gasteiger partial charge on any atom is -0.494 e. The number of imidazole rings is 1. The summed E-state index contributed by atoms with van der Waals surface area (Å²) in [7, 11) is 0. The fourth-order valence-electron chi connectivity index (χ4n) is 3.17. The summed E-state index contributed by atoms with van der Waals surface area (Å²) in [6, 6.07) is 18.7. The number of nitrogens with zero attached hydrogens (tertiary/aromatic N) is 2. The normalized spacial score (nSPS) is 11.1. The monoisotopic (exact) mass is 389 g/mol. The molecule has 0 amide bonds. The number of nitrogens with one attached hydrogen (secondary N) is 1. The van der Waals surface area contributed by atoms with Crippen molar-refractivity contribution in [3.63, 3.8) is 0 Å². The molecule has 0 aliphatic rings. The first-order chi connectivity index (χ1) is 14.2. The van der Waals surface area contributed by atoms with Gasteiger partial charge >= 0.3 is 0 Å². The summed E-state index contributed by atoms with van der Waals surface area (Å²) in [5, 5.41) is 3.34. The number of aromatic nitrogens is 2. The predicted octanol–water partition coefficient (Wildman–Crippen LogP) is 5.01. The van der Waals surface area contributed by atoms with Gasteiger partial charge in [-0.1, -0.05) is 12.1 Å². The van der Waals surface area contributed by atoms with Crippen LogP contribution in [0.2, 0.25) is 0 Å². The van der Waals surface area contributed by atoms with Gasteiger partial charge in [0, 0.05) is 24.5 Å². The average molecular weight is 389 g/mol. The standard InChI is InChI=1S/C24H24FN3O/c1-18-11-13-28-17-23(27-24(28)15-18)20-5-9-22(10-6-20)29-14-2-12-26-16-19-3-7-21(25)8-4-19/h3-11,13,15,17,26H,2,12,14,16H2,1H3. The SMILES string of the molecule is Cc1ccn2cc(-c3ccc(OCCCNCc4ccc(F)cc4)cc3)nc2c1. The third-order valence-corrected chi connectivity index (χ3v) is 4.77. The van der Waals surface area contributed by atoms with Crippen molar-refractivity contribution < 1.29 is 9.13 Å². The molecule has 148 valence electrons. The van der Waals surface area contributed by atoms with Crippen LogP contribution >= 0.6 is 0 Å². The number of ether oxygens (including phenoxy) is 1. The smallest absolute Gasteiger partial charge is 0.137 e. The highest BCUT2D eigenvalue weighted by Gasteiger charge is 2.05. The van der Waals surface area contributed by atoms with Gasteiger partial charge in [-0.3, -0.25) is 0 Å². The Bertz CT molecular complexity index is 1070. The van der Waals surface area contributed by atoms with E-state index in [4.69, 9.17) is 9.72 Å². The highest BCUT2D eigenvalue weighted by atomic mass is 19.1. The van der Waals surface area contributed by atoms with Crippen LogP contribution in [0, 0.1) is 12.7 Å². The Kier molecular flexibility index (Phi) is 5.86. The average Bonchev–Trinajstić information content (AvgIpc) is 3.15. The number of fused-ring (bicyclic) bond motifs is 1. The summed E-state index contributed by atoms with van der Waals surface area (Å²) in [6.45, 7) is 4.28. The molecule has 0 saturated carbocycles. The van der Waals surface area contributed by atoms with Crippen molar-refractivity contribution in [2.75, 3.05) is 13.2 Å². The predicted molar refractivity (Wildman–Crippen MR) is 114 cm³/mol. The lowest BCUT2D eigenvalue weighted by molar-refractivity contribution is 0.308. The van der Waals surface area contributed by atoms with Crippen molar-refractivity contribution in [2.45, 2.75) is 19.9 Å². The molecule has 29 heavy (non-hydrogen) atoms. The number of hydrogen-bond acceptors (Lipinski definition) is 3. The number of benzene rings is 2. The molecule has 0 saturated heterocycles. The van der Waals surface area contributed by atoms with E-state index < -0.39 is 0 Å². The van der Waals surface area contributed by atoms with Gasteiger partial charge in [0.15, 0.2) is 0 Å². The molecule has 2 heterocycles. The summed E-state index contributed by atoms with van der Waals surface area (Å²) in [4.78, 5) is 4.69. The third kappa shape index (κ3) is 5.00. The van der Waals surface area contributed by atoms with Crippen LogP contribution in [0.1, 0.15) is 17.5 Å². The third-order valence-electron chi connectivity index (χ3n) is 4.77. The van der Waals surface area contributed by atoms with Crippen molar-refractivity contribution in [2.24, 2.45) is 0 Å². The molecule has 4 rings (SSSR count). The highest BCUT2D eigenvalue weighted by Crippen LogP contribution is 2.22. The minimum atomic E-state index is -0.204. The van der Waals surface area contributed by atoms with Gasteiger partial charge in [-0.25, -0.2) is 9.37 Å². The number of aryl methyl sites for hydroxylation is 1. The summed E-state index contributed by atoms with van der Waals surface area (Å²) >= 11 is 0. The second kappa shape index (κ2) is 8.88. The lowest BCUT2D eigenvalue weighted by atomic mass is 10.2. The minimum absolute atomic E-state index is 0.204. The second-order valence-electron chi connectivity index (χ2n) is 7.13. The summed E-state index contributed by atoms with van der Waals surface area (Å²) in [6.07, 6.45) is 4.97. The van der Waals surface area contributed by atoms with Crippen LogP contribution < -0.4 is 10.1 Å². The first-order valence-electron chi connectivity index (χ1n) is 9.81. The molecule has 5 heteroatoms. The Morgan fingerprint density at radius 1 is 1.03 bits per heavy atom. The maximum Gasteiger partial charge on any atom is 0.137 e. The molecule has 4 aromatic rings. The molecule has 0 unspecified atom stereocenters. The Balaban J connectivity index is 1.23. The van der Waals surface area contributed by atoms with Gasteiger partial charge in [-0.05, 0) is 79.5 Å². The van der Waals surface area contributed by atoms with Gasteiger partial charge in [0.25, 0.3) is 0 Å². The molecule has 2 aromatic carbocycles. The summed E-state index contributed by atoms with van der Waals surface area (Å²) < 4.78 is 20.7. The van der Waals surface area contributed by atoms with Crippen LogP contribution in [0.4, 0.5) is 4.39 Å². The van der Waals surface area contributed by atoms with Gasteiger partial charge in [-0.15, -0.1) is 0 Å². The molecule has 0 aliphatic carbocycles. The van der Waals surface area contributed by atoms with Crippen LogP contribution in [0.5, 0.6) is 5.75 Å². The number of rotatable bonds is 8. The van der Waals surface area contributed by atoms with Crippen molar-refractivity contribution in [3.8, 4) is 17.0 Å². The van der Waals surface area contributed by atoms with E-state index in [0.717, 1.165) is 47.7 Å². The number of hydrogen-bond donors (Lipinski definition) is 1. The Labute approximate surface area is 170 Å². The molecular weight excluding hydrogens is 365 g/mol. The van der Waals surface area contributed by atoms with Gasteiger partial charge < -0.3 is 14.5 Å². The van der Waals surface area contributed by atoms with Gasteiger partial charge in [-0.2, -0.15) is 0 Å². The summed E-state index contributed by atoms with van der Waals surface area (Å²) in [5.74, 6) is 0.649. The van der Waals surface area contributed by atoms with Crippen LogP contribution in [-0.4, -0.2) is 22.5 Å². The first kappa shape index (κ1) is 19.2. The van der Waals surface area contributed by atoms with Crippen LogP contribution in [0.15, 0.2) is 73.1 Å². The number of pyridine rings is 1. The quantitative estimate of drug-likeness (QED) is 0.431. The zero-order valence-corrected chi connectivity index (χ0v) is 16.4. The molecule has 1 N–H and O–H groups in total. The van der Waals surface area contributed by atoms with Gasteiger partial charge in [0.1, 0.15) is 17.2 Å². The van der Waals surface area contributed by atoms with Crippen molar-refractivity contribution in [3.05, 3.63) is 90.0 Å². The van der Waals surface area contributed by atoms with E-state index in [1.54, 1.807) is 12.1 Å². The molecule has 0 bridgehead atoms. The molecule has 0 radical (unpaired) electrons. The molecular formula is C24H24FN3O. The molecule has 2 aromatic heterocycles. The Hall–Kier alpha value is -3.18. The van der Waals surface area contributed by atoms with Crippen LogP contribution in [0.25, 0.3) is 16.9 Å². The maximum absolute atomic E-state index is 12.9. The zero-order valence-electron chi connectivity index (χ0n) is 16.4. The van der Waals surface area contributed by atoms with Crippen molar-refractivity contribution in [1.29, 1.82) is 0 Å². The topological polar surface area (TPSA) is 38.6 Å². The van der Waals surface area contributed by atoms with E-state index in [1.807, 2.05) is 41.1 Å². The Morgan fingerprint density at radius 2 is 1.83 bits per heavy atom. The highest BCUT2D eigenvalue weighted by molar-refractivity contribution is 5.63. The fourth-order valence-corrected chi connectivity index (χ4v) is 3.17. The number of halogens is 1. The lowest BCUT2D eigenvalue weighted by Gasteiger charge is -2.08. The van der Waals surface area contributed by atoms with E-state index in [-0.39, 0.29) is 5.82 Å². The van der Waals surface area contributed by atoms with E-state index >= 15 is 0 Å². The lowest BCUT2D eigenvalue weighted by Crippen LogP contribution is -2.17. The van der Waals surface area contributed by atoms with Crippen LogP contribution in [0.3, 0.4) is 0 Å². The van der Waals surface area contributed by atoms with Crippen molar-refractivity contribution in [1.82, 2.24) is 14.7 Å². The van der Waals surface area contributed by atoms with Crippen molar-refractivity contribution >= 4 is 5.65 Å². The van der Waals surface area contributed by atoms with E-state index in [9.17, 15) is 4.39 Å². The van der Waals surface area contributed by atoms with Crippen LogP contribution in [-0.2, 0) is 6.54 Å². The second-order valence-corrected chi connectivity index (χ2v) is 7.13. The maximum atomic E-state index is 12.9. The zero-order chi connectivity index (χ0) is 20.1. The molecule has 4 nitrogen and oxygen atoms in total. The largest absolute Gasteiger partial charge is 0.494 e. The molecule has 0 aliphatic heterocycles. The van der Waals surface area contributed by atoms with E-state index in [2.05, 4.69) is 24.4 Å². The van der Waals surface area contributed by atoms with E-state index in [1.165, 1.54) is 17.7 Å². The molecule has 0 fully saturated rings. The molecule has 0 spiro atoms.